The third-order valence-corrected chi connectivity index (χ3v) is 5.04. The maximum Gasteiger partial charge on any atom is 0.308 e. The van der Waals surface area contributed by atoms with Gasteiger partial charge in [0.1, 0.15) is 0 Å². The molecule has 0 unspecified atom stereocenters. The van der Waals surface area contributed by atoms with Gasteiger partial charge in [-0.2, -0.15) is 0 Å². The molecule has 1 heterocycles. The summed E-state index contributed by atoms with van der Waals surface area (Å²) in [6.45, 7) is 3.37. The van der Waals surface area contributed by atoms with E-state index in [0.29, 0.717) is 19.2 Å². The highest BCUT2D eigenvalue weighted by Crippen LogP contribution is 2.20. The van der Waals surface area contributed by atoms with Crippen molar-refractivity contribution in [3.8, 4) is 0 Å². The molecule has 1 aliphatic heterocycles. The molecule has 1 saturated carbocycles. The summed E-state index contributed by atoms with van der Waals surface area (Å²) in [5, 5.41) is 2.96. The largest absolute Gasteiger partial charge is 0.469 e. The molecular formula is C18H32N2O4. The number of likely N-dealkylation sites (tertiary alicyclic amines) is 1. The second kappa shape index (κ2) is 10.7. The number of rotatable bonds is 8. The van der Waals surface area contributed by atoms with E-state index in [1.807, 2.05) is 0 Å². The highest BCUT2D eigenvalue weighted by Gasteiger charge is 2.26. The van der Waals surface area contributed by atoms with Crippen LogP contribution < -0.4 is 5.32 Å². The number of nitrogens with zero attached hydrogens (tertiary/aromatic N) is 1. The van der Waals surface area contributed by atoms with Gasteiger partial charge >= 0.3 is 5.97 Å². The smallest absolute Gasteiger partial charge is 0.308 e. The van der Waals surface area contributed by atoms with Crippen LogP contribution in [0.25, 0.3) is 0 Å². The van der Waals surface area contributed by atoms with Crippen LogP contribution in [0.2, 0.25) is 0 Å². The zero-order chi connectivity index (χ0) is 17.2. The van der Waals surface area contributed by atoms with Crippen molar-refractivity contribution in [1.82, 2.24) is 10.2 Å². The minimum absolute atomic E-state index is 0.00810. The zero-order valence-corrected chi connectivity index (χ0v) is 14.9. The molecule has 2 aliphatic rings. The molecule has 2 fully saturated rings. The van der Waals surface area contributed by atoms with Crippen LogP contribution in [-0.2, 0) is 19.1 Å². The summed E-state index contributed by atoms with van der Waals surface area (Å²) in [5.41, 5.74) is 0. The first kappa shape index (κ1) is 19.2. The Bertz CT molecular complexity index is 388. The predicted octanol–water partition coefficient (Wildman–Crippen LogP) is 1.73. The van der Waals surface area contributed by atoms with E-state index in [1.165, 1.54) is 39.2 Å². The van der Waals surface area contributed by atoms with Gasteiger partial charge in [-0.05, 0) is 45.2 Å². The molecule has 6 heteroatoms. The molecule has 1 saturated heterocycles. The van der Waals surface area contributed by atoms with Crippen LogP contribution in [0, 0.1) is 5.92 Å². The first-order chi connectivity index (χ1) is 11.7. The Morgan fingerprint density at radius 3 is 2.46 bits per heavy atom. The third-order valence-electron chi connectivity index (χ3n) is 5.04. The molecule has 138 valence electrons. The number of nitrogens with one attached hydrogen (secondary N) is 1. The lowest BCUT2D eigenvalue weighted by atomic mass is 9.97. The van der Waals surface area contributed by atoms with E-state index in [2.05, 4.69) is 10.2 Å². The number of methoxy groups -OCH3 is 1. The Morgan fingerprint density at radius 1 is 1.08 bits per heavy atom. The van der Waals surface area contributed by atoms with Gasteiger partial charge in [0.2, 0.25) is 5.91 Å². The molecule has 1 aliphatic carbocycles. The van der Waals surface area contributed by atoms with Gasteiger partial charge in [-0.15, -0.1) is 0 Å². The molecule has 0 aromatic heterocycles. The van der Waals surface area contributed by atoms with Gasteiger partial charge in [-0.1, -0.05) is 19.3 Å². The molecule has 6 nitrogen and oxygen atoms in total. The van der Waals surface area contributed by atoms with Crippen molar-refractivity contribution in [3.05, 3.63) is 0 Å². The Kier molecular flexibility index (Phi) is 8.53. The van der Waals surface area contributed by atoms with Gasteiger partial charge in [-0.25, -0.2) is 0 Å². The highest BCUT2D eigenvalue weighted by molar-refractivity contribution is 5.78. The van der Waals surface area contributed by atoms with Crippen molar-refractivity contribution in [2.75, 3.05) is 39.9 Å². The molecule has 0 radical (unpaired) electrons. The average Bonchev–Trinajstić information content (AvgIpc) is 2.62. The Balaban J connectivity index is 1.48. The van der Waals surface area contributed by atoms with E-state index in [4.69, 9.17) is 9.47 Å². The lowest BCUT2D eigenvalue weighted by Crippen LogP contribution is -2.43. The fourth-order valence-electron chi connectivity index (χ4n) is 3.53. The summed E-state index contributed by atoms with van der Waals surface area (Å²) >= 11 is 0. The van der Waals surface area contributed by atoms with Crippen molar-refractivity contribution < 1.29 is 19.1 Å². The van der Waals surface area contributed by atoms with E-state index in [-0.39, 0.29) is 17.8 Å². The van der Waals surface area contributed by atoms with Crippen molar-refractivity contribution in [2.45, 2.75) is 57.5 Å². The van der Waals surface area contributed by atoms with Crippen molar-refractivity contribution in [3.63, 3.8) is 0 Å². The summed E-state index contributed by atoms with van der Waals surface area (Å²) in [7, 11) is 1.43. The topological polar surface area (TPSA) is 67.9 Å². The van der Waals surface area contributed by atoms with Crippen LogP contribution in [0.15, 0.2) is 0 Å². The lowest BCUT2D eigenvalue weighted by molar-refractivity contribution is -0.147. The van der Waals surface area contributed by atoms with Crippen molar-refractivity contribution in [2.24, 2.45) is 5.92 Å². The number of hydrogen-bond acceptors (Lipinski definition) is 5. The SMILES string of the molecule is COC(=O)C1CCN(CC(=O)NCCCOC2CCCCC2)CC1. The van der Waals surface area contributed by atoms with E-state index < -0.39 is 0 Å². The predicted molar refractivity (Wildman–Crippen MR) is 91.6 cm³/mol. The van der Waals surface area contributed by atoms with Gasteiger partial charge < -0.3 is 14.8 Å². The minimum Gasteiger partial charge on any atom is -0.469 e. The Labute approximate surface area is 145 Å². The number of carbonyl (C=O) groups excluding carboxylic acids is 2. The maximum absolute atomic E-state index is 12.0. The summed E-state index contributed by atoms with van der Waals surface area (Å²) in [5.74, 6) is -0.0764. The normalized spacial score (nSPS) is 20.7. The van der Waals surface area contributed by atoms with E-state index in [1.54, 1.807) is 0 Å². The van der Waals surface area contributed by atoms with Gasteiger partial charge in [0.15, 0.2) is 0 Å². The molecule has 0 spiro atoms. The highest BCUT2D eigenvalue weighted by atomic mass is 16.5. The number of carbonyl (C=O) groups is 2. The average molecular weight is 340 g/mol. The first-order valence-corrected chi connectivity index (χ1v) is 9.37. The van der Waals surface area contributed by atoms with Gasteiger partial charge in [0.05, 0.1) is 25.7 Å². The Morgan fingerprint density at radius 2 is 1.79 bits per heavy atom. The summed E-state index contributed by atoms with van der Waals surface area (Å²) < 4.78 is 10.6. The monoisotopic (exact) mass is 340 g/mol. The van der Waals surface area contributed by atoms with Gasteiger partial charge in [0.25, 0.3) is 0 Å². The number of ether oxygens (including phenoxy) is 2. The molecular weight excluding hydrogens is 308 g/mol. The van der Waals surface area contributed by atoms with Crippen LogP contribution in [0.3, 0.4) is 0 Å². The number of esters is 1. The molecule has 2 rings (SSSR count). The van der Waals surface area contributed by atoms with E-state index in [9.17, 15) is 9.59 Å². The van der Waals surface area contributed by atoms with E-state index >= 15 is 0 Å². The second-order valence-corrected chi connectivity index (χ2v) is 6.91. The maximum atomic E-state index is 12.0. The van der Waals surface area contributed by atoms with Gasteiger partial charge in [-0.3, -0.25) is 14.5 Å². The van der Waals surface area contributed by atoms with Crippen molar-refractivity contribution in [1.29, 1.82) is 0 Å². The number of piperidine rings is 1. The molecule has 0 atom stereocenters. The fraction of sp³-hybridized carbons (Fsp3) is 0.889. The molecule has 1 amide bonds. The van der Waals surface area contributed by atoms with Crippen molar-refractivity contribution >= 4 is 11.9 Å². The standard InChI is InChI=1S/C18H32N2O4/c1-23-18(22)15-8-11-20(12-9-15)14-17(21)19-10-5-13-24-16-6-3-2-4-7-16/h15-16H,2-14H2,1H3,(H,19,21). The quantitative estimate of drug-likeness (QED) is 0.538. The van der Waals surface area contributed by atoms with E-state index in [0.717, 1.165) is 39.0 Å². The molecule has 0 bridgehead atoms. The zero-order valence-electron chi connectivity index (χ0n) is 14.9. The van der Waals surface area contributed by atoms with Crippen LogP contribution in [0.5, 0.6) is 0 Å². The number of amides is 1. The lowest BCUT2D eigenvalue weighted by Gasteiger charge is -2.29. The minimum atomic E-state index is -0.128. The van der Waals surface area contributed by atoms with Crippen LogP contribution in [0.1, 0.15) is 51.4 Å². The third kappa shape index (κ3) is 6.77. The van der Waals surface area contributed by atoms with Crippen LogP contribution >= 0.6 is 0 Å². The summed E-state index contributed by atoms with van der Waals surface area (Å²) in [4.78, 5) is 25.5. The number of hydrogen-bond donors (Lipinski definition) is 1. The molecule has 0 aromatic carbocycles. The van der Waals surface area contributed by atoms with Gasteiger partial charge in [0, 0.05) is 13.2 Å². The fourth-order valence-corrected chi connectivity index (χ4v) is 3.53. The second-order valence-electron chi connectivity index (χ2n) is 6.91. The Hall–Kier alpha value is -1.14. The summed E-state index contributed by atoms with van der Waals surface area (Å²) in [6.07, 6.45) is 9.14. The van der Waals surface area contributed by atoms with Crippen LogP contribution in [-0.4, -0.2) is 62.8 Å². The molecule has 1 N–H and O–H groups in total. The van der Waals surface area contributed by atoms with Crippen LogP contribution in [0.4, 0.5) is 0 Å². The first-order valence-electron chi connectivity index (χ1n) is 9.37. The molecule has 24 heavy (non-hydrogen) atoms. The summed E-state index contributed by atoms with van der Waals surface area (Å²) in [6, 6.07) is 0. The molecule has 0 aromatic rings.